The van der Waals surface area contributed by atoms with E-state index in [1.807, 2.05) is 0 Å². The summed E-state index contributed by atoms with van der Waals surface area (Å²) in [4.78, 5) is 11.4. The highest BCUT2D eigenvalue weighted by Gasteiger charge is 2.04. The molecule has 2 aromatic heterocycles. The fourth-order valence-electron chi connectivity index (χ4n) is 1.62. The number of fused-ring (bicyclic) bond motifs is 1. The van der Waals surface area contributed by atoms with Gasteiger partial charge in [-0.05, 0) is 23.8 Å². The van der Waals surface area contributed by atoms with Crippen LogP contribution in [-0.4, -0.2) is 24.9 Å². The molecule has 0 atom stereocenters. The van der Waals surface area contributed by atoms with Crippen LogP contribution in [-0.2, 0) is 6.61 Å². The topological polar surface area (TPSA) is 92.5 Å². The smallest absolute Gasteiger partial charge is 0.364 e. The molecule has 0 unspecified atom stereocenters. The second kappa shape index (κ2) is 4.54. The molecule has 7 heteroatoms. The van der Waals surface area contributed by atoms with Crippen LogP contribution < -0.4 is 10.4 Å². The molecule has 0 aliphatic heterocycles. The number of nitrogens with one attached hydrogen (secondary N) is 1. The van der Waals surface area contributed by atoms with Gasteiger partial charge in [0, 0.05) is 6.07 Å². The number of nitrogens with zero attached hydrogens (tertiary/aromatic N) is 3. The van der Waals surface area contributed by atoms with Crippen molar-refractivity contribution in [3.05, 3.63) is 52.4 Å². The molecule has 0 bridgehead atoms. The molecule has 0 fully saturated rings. The predicted molar refractivity (Wildman–Crippen MR) is 66.0 cm³/mol. The summed E-state index contributed by atoms with van der Waals surface area (Å²) in [6.07, 6.45) is 0. The first-order chi connectivity index (χ1) is 9.26. The fraction of sp³-hybridized carbons (Fsp3) is 0.0833. The number of aromatic nitrogens is 4. The minimum Gasteiger partial charge on any atom is -0.438 e. The van der Waals surface area contributed by atoms with Gasteiger partial charge in [0.25, 0.3) is 0 Å². The molecule has 3 rings (SSSR count). The minimum absolute atomic E-state index is 0.0189. The number of H-pyrrole nitrogens is 1. The molecule has 0 aliphatic rings. The molecule has 0 saturated carbocycles. The number of aliphatic hydroxyl groups excluding tert-OH is 1. The van der Waals surface area contributed by atoms with Crippen molar-refractivity contribution >= 4 is 5.65 Å². The van der Waals surface area contributed by atoms with Gasteiger partial charge in [-0.2, -0.15) is 9.61 Å². The molecule has 19 heavy (non-hydrogen) atoms. The summed E-state index contributed by atoms with van der Waals surface area (Å²) < 4.78 is 6.64. The summed E-state index contributed by atoms with van der Waals surface area (Å²) in [6.45, 7) is -0.0189. The molecule has 2 heterocycles. The van der Waals surface area contributed by atoms with Gasteiger partial charge in [0.1, 0.15) is 5.75 Å². The summed E-state index contributed by atoms with van der Waals surface area (Å²) >= 11 is 0. The maximum Gasteiger partial charge on any atom is 0.364 e. The van der Waals surface area contributed by atoms with Gasteiger partial charge in [-0.15, -0.1) is 5.10 Å². The lowest BCUT2D eigenvalue weighted by molar-refractivity contribution is 0.281. The van der Waals surface area contributed by atoms with E-state index in [1.165, 1.54) is 0 Å². The number of hydrogen-bond donors (Lipinski definition) is 2. The third kappa shape index (κ3) is 2.18. The average molecular weight is 258 g/mol. The maximum atomic E-state index is 11.4. The Bertz CT molecular complexity index is 760. The first-order valence-corrected chi connectivity index (χ1v) is 5.58. The van der Waals surface area contributed by atoms with Gasteiger partial charge < -0.3 is 9.84 Å². The van der Waals surface area contributed by atoms with Crippen LogP contribution >= 0.6 is 0 Å². The van der Waals surface area contributed by atoms with Crippen LogP contribution in [0.5, 0.6) is 11.6 Å². The highest BCUT2D eigenvalue weighted by Crippen LogP contribution is 2.19. The Balaban J connectivity index is 1.91. The Kier molecular flexibility index (Phi) is 2.73. The second-order valence-electron chi connectivity index (χ2n) is 3.87. The standard InChI is InChI=1S/C12H10N4O3/c17-7-8-1-3-9(4-2-8)19-11-6-5-10-13-14-12(18)16(10)15-11/h1-6,17H,7H2,(H,14,18). The van der Waals surface area contributed by atoms with Crippen molar-refractivity contribution in [3.63, 3.8) is 0 Å². The summed E-state index contributed by atoms with van der Waals surface area (Å²) in [5.74, 6) is 0.855. The van der Waals surface area contributed by atoms with Gasteiger partial charge in [-0.3, -0.25) is 0 Å². The van der Waals surface area contributed by atoms with E-state index in [4.69, 9.17) is 9.84 Å². The molecular weight excluding hydrogens is 248 g/mol. The van der Waals surface area contributed by atoms with E-state index < -0.39 is 5.69 Å². The van der Waals surface area contributed by atoms with Crippen LogP contribution in [0.15, 0.2) is 41.2 Å². The first-order valence-electron chi connectivity index (χ1n) is 5.58. The molecule has 1 aromatic carbocycles. The summed E-state index contributed by atoms with van der Waals surface area (Å²) in [6, 6.07) is 10.2. The number of aliphatic hydroxyl groups is 1. The van der Waals surface area contributed by atoms with Crippen LogP contribution in [0.3, 0.4) is 0 Å². The van der Waals surface area contributed by atoms with Crippen molar-refractivity contribution < 1.29 is 9.84 Å². The third-order valence-corrected chi connectivity index (χ3v) is 2.58. The number of hydrogen-bond acceptors (Lipinski definition) is 5. The van der Waals surface area contributed by atoms with E-state index in [9.17, 15) is 4.79 Å². The van der Waals surface area contributed by atoms with Crippen molar-refractivity contribution in [3.8, 4) is 11.6 Å². The first kappa shape index (κ1) is 11.4. The summed E-state index contributed by atoms with van der Waals surface area (Å²) in [7, 11) is 0. The normalized spacial score (nSPS) is 10.8. The number of rotatable bonds is 3. The molecule has 2 N–H and O–H groups in total. The number of benzene rings is 1. The van der Waals surface area contributed by atoms with Gasteiger partial charge >= 0.3 is 5.69 Å². The van der Waals surface area contributed by atoms with Crippen LogP contribution in [0.25, 0.3) is 5.65 Å². The summed E-state index contributed by atoms with van der Waals surface area (Å²) in [5, 5.41) is 19.0. The Labute approximate surface area is 107 Å². The van der Waals surface area contributed by atoms with Crippen molar-refractivity contribution in [2.24, 2.45) is 0 Å². The van der Waals surface area contributed by atoms with E-state index in [0.717, 1.165) is 10.1 Å². The number of aromatic amines is 1. The predicted octanol–water partition coefficient (Wildman–Crippen LogP) is 0.702. The molecule has 0 spiro atoms. The lowest BCUT2D eigenvalue weighted by atomic mass is 10.2. The molecule has 96 valence electrons. The monoisotopic (exact) mass is 258 g/mol. The highest BCUT2D eigenvalue weighted by molar-refractivity contribution is 5.37. The van der Waals surface area contributed by atoms with Crippen LogP contribution in [0, 0.1) is 0 Å². The van der Waals surface area contributed by atoms with Gasteiger partial charge in [0.05, 0.1) is 6.61 Å². The largest absolute Gasteiger partial charge is 0.438 e. The quantitative estimate of drug-likeness (QED) is 0.721. The zero-order valence-corrected chi connectivity index (χ0v) is 9.78. The van der Waals surface area contributed by atoms with Crippen LogP contribution in [0.2, 0.25) is 0 Å². The fourth-order valence-corrected chi connectivity index (χ4v) is 1.62. The molecular formula is C12H10N4O3. The Morgan fingerprint density at radius 1 is 1.21 bits per heavy atom. The highest BCUT2D eigenvalue weighted by atomic mass is 16.5. The lowest BCUT2D eigenvalue weighted by Gasteiger charge is -2.04. The van der Waals surface area contributed by atoms with Gasteiger partial charge in [0.15, 0.2) is 5.65 Å². The van der Waals surface area contributed by atoms with Crippen LogP contribution in [0.1, 0.15) is 5.56 Å². The summed E-state index contributed by atoms with van der Waals surface area (Å²) in [5.41, 5.74) is 0.797. The van der Waals surface area contributed by atoms with Crippen LogP contribution in [0.4, 0.5) is 0 Å². The van der Waals surface area contributed by atoms with Gasteiger partial charge in [-0.25, -0.2) is 9.89 Å². The SMILES string of the molecule is O=c1[nH]nc2ccc(Oc3ccc(CO)cc3)nn12. The van der Waals surface area contributed by atoms with Crippen molar-refractivity contribution in [2.75, 3.05) is 0 Å². The minimum atomic E-state index is -0.420. The second-order valence-corrected chi connectivity index (χ2v) is 3.87. The molecule has 7 nitrogen and oxygen atoms in total. The van der Waals surface area contributed by atoms with E-state index >= 15 is 0 Å². The maximum absolute atomic E-state index is 11.4. The molecule has 0 aliphatic carbocycles. The number of ether oxygens (including phenoxy) is 1. The Morgan fingerprint density at radius 3 is 2.74 bits per heavy atom. The van der Waals surface area contributed by atoms with Crippen molar-refractivity contribution in [2.45, 2.75) is 6.61 Å². The Hall–Kier alpha value is -2.67. The third-order valence-electron chi connectivity index (χ3n) is 2.58. The van der Waals surface area contributed by atoms with E-state index in [1.54, 1.807) is 36.4 Å². The zero-order valence-electron chi connectivity index (χ0n) is 9.78. The lowest BCUT2D eigenvalue weighted by Crippen LogP contribution is -2.12. The van der Waals surface area contributed by atoms with Crippen molar-refractivity contribution in [1.29, 1.82) is 0 Å². The molecule has 0 amide bonds. The molecule has 3 aromatic rings. The van der Waals surface area contributed by atoms with E-state index in [-0.39, 0.29) is 12.5 Å². The van der Waals surface area contributed by atoms with E-state index in [0.29, 0.717) is 11.4 Å². The van der Waals surface area contributed by atoms with Gasteiger partial charge in [-0.1, -0.05) is 12.1 Å². The molecule has 0 radical (unpaired) electrons. The van der Waals surface area contributed by atoms with Crippen molar-refractivity contribution in [1.82, 2.24) is 19.8 Å². The Morgan fingerprint density at radius 2 is 2.00 bits per heavy atom. The molecule has 0 saturated heterocycles. The van der Waals surface area contributed by atoms with E-state index in [2.05, 4.69) is 15.3 Å². The average Bonchev–Trinajstić information content (AvgIpc) is 2.81. The van der Waals surface area contributed by atoms with Gasteiger partial charge in [0.2, 0.25) is 5.88 Å². The zero-order chi connectivity index (χ0) is 13.2.